The third-order valence-electron chi connectivity index (χ3n) is 5.12. The molecule has 0 aliphatic carbocycles. The zero-order valence-corrected chi connectivity index (χ0v) is 24.4. The fourth-order valence-electron chi connectivity index (χ4n) is 3.37. The molecule has 1 aliphatic rings. The lowest BCUT2D eigenvalue weighted by atomic mass is 10.1. The van der Waals surface area contributed by atoms with E-state index in [4.69, 9.17) is 10.7 Å². The molecule has 37 heavy (non-hydrogen) atoms. The molecule has 1 aliphatic heterocycles. The number of amidine groups is 1. The maximum Gasteiger partial charge on any atom is 0.290 e. The molecule has 0 spiro atoms. The number of thioether (sulfide) groups is 1. The van der Waals surface area contributed by atoms with Crippen molar-refractivity contribution in [2.75, 3.05) is 38.2 Å². The molecule has 1 aromatic rings. The van der Waals surface area contributed by atoms with Gasteiger partial charge in [0.1, 0.15) is 11.6 Å². The second-order valence-corrected chi connectivity index (χ2v) is 9.56. The number of Topliss-reactive ketones (excluding diaryl/α,β-unsaturated/α-hetero) is 1. The van der Waals surface area contributed by atoms with Gasteiger partial charge in [0.2, 0.25) is 5.78 Å². The molecule has 1 heterocycles. The van der Waals surface area contributed by atoms with Crippen molar-refractivity contribution in [3.63, 3.8) is 0 Å². The summed E-state index contributed by atoms with van der Waals surface area (Å²) in [6, 6.07) is 7.07. The van der Waals surface area contributed by atoms with Crippen LogP contribution in [0.1, 0.15) is 53.0 Å². The second kappa shape index (κ2) is 19.2. The Morgan fingerprint density at radius 3 is 2.14 bits per heavy atom. The Morgan fingerprint density at radius 1 is 1.11 bits per heavy atom. The zero-order valence-electron chi connectivity index (χ0n) is 23.5. The minimum atomic E-state index is -0.400. The van der Waals surface area contributed by atoms with E-state index < -0.39 is 5.91 Å². The van der Waals surface area contributed by atoms with Gasteiger partial charge in [-0.1, -0.05) is 50.3 Å². The van der Waals surface area contributed by atoms with Gasteiger partial charge in [-0.2, -0.15) is 11.8 Å². The van der Waals surface area contributed by atoms with Gasteiger partial charge in [-0.25, -0.2) is 0 Å². The fourth-order valence-corrected chi connectivity index (χ4v) is 3.80. The van der Waals surface area contributed by atoms with E-state index in [1.807, 2.05) is 46.1 Å². The third-order valence-corrected chi connectivity index (χ3v) is 5.81. The normalized spacial score (nSPS) is 13.8. The Kier molecular flexibility index (Phi) is 17.6. The number of ketones is 1. The number of allylic oxidation sites excluding steroid dienone is 2. The SMILES string of the molecule is C=C(C)C.C=C/C(C(=NCc1ccccc1O)N1CCN(C(=O)C(=O)CCCSC)CC1)=C(\C)N.CC. The molecule has 206 valence electrons. The number of piperazine rings is 1. The number of hydrogen-bond acceptors (Lipinski definition) is 6. The van der Waals surface area contributed by atoms with Crippen LogP contribution in [0.5, 0.6) is 5.75 Å². The Balaban J connectivity index is 0.00000196. The summed E-state index contributed by atoms with van der Waals surface area (Å²) in [4.78, 5) is 33.0. The first-order valence-corrected chi connectivity index (χ1v) is 14.1. The average molecular weight is 531 g/mol. The van der Waals surface area contributed by atoms with Crippen LogP contribution >= 0.6 is 11.8 Å². The predicted molar refractivity (Wildman–Crippen MR) is 159 cm³/mol. The number of rotatable bonds is 9. The van der Waals surface area contributed by atoms with Crippen molar-refractivity contribution >= 4 is 29.3 Å². The van der Waals surface area contributed by atoms with Crippen molar-refractivity contribution in [3.05, 3.63) is 65.9 Å². The number of carbonyl (C=O) groups is 2. The molecule has 3 N–H and O–H groups in total. The Hall–Kier alpha value is -3.00. The lowest BCUT2D eigenvalue weighted by Gasteiger charge is -2.36. The number of aromatic hydroxyl groups is 1. The summed E-state index contributed by atoms with van der Waals surface area (Å²) in [5, 5.41) is 10.0. The Labute approximate surface area is 228 Å². The zero-order chi connectivity index (χ0) is 28.4. The molecule has 1 fully saturated rings. The van der Waals surface area contributed by atoms with Crippen molar-refractivity contribution in [2.24, 2.45) is 10.7 Å². The van der Waals surface area contributed by atoms with E-state index in [-0.39, 0.29) is 11.5 Å². The van der Waals surface area contributed by atoms with Crippen LogP contribution in [0.4, 0.5) is 0 Å². The Morgan fingerprint density at radius 2 is 1.65 bits per heavy atom. The highest BCUT2D eigenvalue weighted by molar-refractivity contribution is 7.98. The van der Waals surface area contributed by atoms with Crippen LogP contribution in [0.25, 0.3) is 0 Å². The molecule has 1 aromatic carbocycles. The molecular formula is C29H46N4O3S. The van der Waals surface area contributed by atoms with Crippen LogP contribution in [0.15, 0.2) is 65.3 Å². The molecule has 0 bridgehead atoms. The predicted octanol–water partition coefficient (Wildman–Crippen LogP) is 5.17. The number of aliphatic imine (C=N–C) groups is 1. The molecule has 1 saturated heterocycles. The molecule has 7 nitrogen and oxygen atoms in total. The van der Waals surface area contributed by atoms with Crippen molar-refractivity contribution < 1.29 is 14.7 Å². The first-order chi connectivity index (χ1) is 17.6. The molecule has 0 saturated carbocycles. The van der Waals surface area contributed by atoms with Crippen molar-refractivity contribution in [2.45, 2.75) is 54.0 Å². The smallest absolute Gasteiger partial charge is 0.290 e. The third kappa shape index (κ3) is 12.7. The summed E-state index contributed by atoms with van der Waals surface area (Å²) in [5.74, 6) is 1.02. The molecule has 2 rings (SSSR count). The minimum absolute atomic E-state index is 0.189. The van der Waals surface area contributed by atoms with E-state index in [9.17, 15) is 14.7 Å². The van der Waals surface area contributed by atoms with Gasteiger partial charge in [-0.3, -0.25) is 14.6 Å². The number of amides is 1. The van der Waals surface area contributed by atoms with E-state index in [2.05, 4.69) is 18.1 Å². The first kappa shape index (κ1) is 34.0. The molecule has 0 aromatic heterocycles. The molecular weight excluding hydrogens is 484 g/mol. The van der Waals surface area contributed by atoms with Gasteiger partial charge in [0.05, 0.1) is 6.54 Å². The summed E-state index contributed by atoms with van der Waals surface area (Å²) in [5.41, 5.74) is 9.26. The van der Waals surface area contributed by atoms with Gasteiger partial charge in [0, 0.05) is 49.4 Å². The number of benzene rings is 1. The first-order valence-electron chi connectivity index (χ1n) is 12.7. The molecule has 0 radical (unpaired) electrons. The van der Waals surface area contributed by atoms with Crippen LogP contribution in [0, 0.1) is 0 Å². The molecule has 0 unspecified atom stereocenters. The Bertz CT molecular complexity index is 940. The lowest BCUT2D eigenvalue weighted by molar-refractivity contribution is -0.145. The largest absolute Gasteiger partial charge is 0.508 e. The lowest BCUT2D eigenvalue weighted by Crippen LogP contribution is -2.52. The van der Waals surface area contributed by atoms with Gasteiger partial charge in [-0.05, 0) is 45.3 Å². The number of nitrogens with two attached hydrogens (primary N) is 1. The number of nitrogens with zero attached hydrogens (tertiary/aromatic N) is 3. The van der Waals surface area contributed by atoms with Gasteiger partial charge >= 0.3 is 0 Å². The van der Waals surface area contributed by atoms with Crippen molar-refractivity contribution in [1.82, 2.24) is 9.80 Å². The summed E-state index contributed by atoms with van der Waals surface area (Å²) >= 11 is 1.67. The maximum absolute atomic E-state index is 12.5. The van der Waals surface area contributed by atoms with E-state index in [0.29, 0.717) is 56.2 Å². The second-order valence-electron chi connectivity index (χ2n) is 8.58. The minimum Gasteiger partial charge on any atom is -0.508 e. The maximum atomic E-state index is 12.5. The number of hydrogen-bond donors (Lipinski definition) is 2. The number of carbonyl (C=O) groups excluding carboxylic acids is 2. The molecule has 1 amide bonds. The summed E-state index contributed by atoms with van der Waals surface area (Å²) in [6.45, 7) is 19.4. The molecule has 0 atom stereocenters. The topological polar surface area (TPSA) is 99.2 Å². The number of para-hydroxylation sites is 1. The summed E-state index contributed by atoms with van der Waals surface area (Å²) < 4.78 is 0. The van der Waals surface area contributed by atoms with Gasteiger partial charge < -0.3 is 20.6 Å². The summed E-state index contributed by atoms with van der Waals surface area (Å²) in [7, 11) is 0. The number of phenolic OH excluding ortho intramolecular Hbond substituents is 1. The van der Waals surface area contributed by atoms with Gasteiger partial charge in [0.25, 0.3) is 5.91 Å². The van der Waals surface area contributed by atoms with Crippen LogP contribution in [0.3, 0.4) is 0 Å². The van der Waals surface area contributed by atoms with E-state index in [1.165, 1.54) is 5.57 Å². The van der Waals surface area contributed by atoms with E-state index >= 15 is 0 Å². The highest BCUT2D eigenvalue weighted by Crippen LogP contribution is 2.19. The number of phenols is 1. The van der Waals surface area contributed by atoms with Gasteiger partial charge in [0.15, 0.2) is 0 Å². The summed E-state index contributed by atoms with van der Waals surface area (Å²) in [6.07, 6.45) is 4.67. The van der Waals surface area contributed by atoms with E-state index in [1.54, 1.807) is 41.8 Å². The molecule has 8 heteroatoms. The highest BCUT2D eigenvalue weighted by Gasteiger charge is 2.27. The van der Waals surface area contributed by atoms with Crippen LogP contribution < -0.4 is 5.73 Å². The van der Waals surface area contributed by atoms with E-state index in [0.717, 1.165) is 17.7 Å². The van der Waals surface area contributed by atoms with Crippen molar-refractivity contribution in [1.29, 1.82) is 0 Å². The monoisotopic (exact) mass is 530 g/mol. The fraction of sp³-hybridized carbons (Fsp3) is 0.483. The highest BCUT2D eigenvalue weighted by atomic mass is 32.2. The average Bonchev–Trinajstić information content (AvgIpc) is 2.88. The van der Waals surface area contributed by atoms with Crippen LogP contribution in [-0.2, 0) is 16.1 Å². The standard InChI is InChI=1S/C23H32N4O3S.C4H8.C2H6/c1-4-19(17(2)24)22(25-16-18-8-5-6-9-20(18)28)26-11-13-27(14-12-26)23(30)21(29)10-7-15-31-3;1-4(2)3;1-2/h4-6,8-9,28H,1,7,10-16,24H2,2-3H3;1H2,2-3H3;1-2H3/b19-17-,25-22?;;. The van der Waals surface area contributed by atoms with Crippen molar-refractivity contribution in [3.8, 4) is 5.75 Å². The quantitative estimate of drug-likeness (QED) is 0.114. The van der Waals surface area contributed by atoms with Crippen LogP contribution in [0.2, 0.25) is 0 Å². The van der Waals surface area contributed by atoms with Gasteiger partial charge in [-0.15, -0.1) is 6.58 Å². The van der Waals surface area contributed by atoms with Crippen LogP contribution in [-0.4, -0.2) is 70.6 Å².